The van der Waals surface area contributed by atoms with Crippen molar-refractivity contribution in [3.63, 3.8) is 0 Å². The van der Waals surface area contributed by atoms with E-state index in [2.05, 4.69) is 0 Å². The SMILES string of the molecule is C[NH+](Cc1ccc(Cl)s1)Cn1cc([N+](=O)[O-])ccc1=O. The average Bonchev–Trinajstić information content (AvgIpc) is 2.77. The van der Waals surface area contributed by atoms with Crippen LogP contribution in [-0.4, -0.2) is 16.5 Å². The molecule has 2 aromatic rings. The summed E-state index contributed by atoms with van der Waals surface area (Å²) in [6, 6.07) is 6.20. The van der Waals surface area contributed by atoms with Gasteiger partial charge in [0.15, 0.2) is 6.67 Å². The molecule has 20 heavy (non-hydrogen) atoms. The third-order valence-corrected chi connectivity index (χ3v) is 3.95. The molecule has 8 heteroatoms. The molecule has 1 atom stereocenters. The van der Waals surface area contributed by atoms with Crippen LogP contribution in [0.15, 0.2) is 35.3 Å². The molecule has 1 N–H and O–H groups in total. The summed E-state index contributed by atoms with van der Waals surface area (Å²) in [6.45, 7) is 1.06. The van der Waals surface area contributed by atoms with E-state index >= 15 is 0 Å². The molecule has 2 rings (SSSR count). The van der Waals surface area contributed by atoms with Gasteiger partial charge in [-0.25, -0.2) is 0 Å². The molecule has 2 heterocycles. The van der Waals surface area contributed by atoms with Gasteiger partial charge in [0.1, 0.15) is 6.54 Å². The normalized spacial score (nSPS) is 12.3. The highest BCUT2D eigenvalue weighted by Gasteiger charge is 2.12. The van der Waals surface area contributed by atoms with Crippen LogP contribution in [0.5, 0.6) is 0 Å². The van der Waals surface area contributed by atoms with Gasteiger partial charge >= 0.3 is 0 Å². The molecule has 0 aromatic carbocycles. The lowest BCUT2D eigenvalue weighted by atomic mass is 10.4. The quantitative estimate of drug-likeness (QED) is 0.665. The highest BCUT2D eigenvalue weighted by atomic mass is 35.5. The number of nitro groups is 1. The minimum absolute atomic E-state index is 0.0865. The van der Waals surface area contributed by atoms with Crippen LogP contribution in [0.3, 0.4) is 0 Å². The third-order valence-electron chi connectivity index (χ3n) is 2.72. The molecule has 2 aromatic heterocycles. The number of thiophene rings is 1. The minimum Gasteiger partial charge on any atom is -0.315 e. The lowest BCUT2D eigenvalue weighted by molar-refractivity contribution is -0.916. The Hall–Kier alpha value is -1.70. The van der Waals surface area contributed by atoms with Gasteiger partial charge in [0, 0.05) is 12.1 Å². The van der Waals surface area contributed by atoms with Crippen LogP contribution in [-0.2, 0) is 13.2 Å². The lowest BCUT2D eigenvalue weighted by Gasteiger charge is -2.14. The van der Waals surface area contributed by atoms with Crippen molar-refractivity contribution >= 4 is 28.6 Å². The topological polar surface area (TPSA) is 69.6 Å². The van der Waals surface area contributed by atoms with E-state index < -0.39 is 4.92 Å². The summed E-state index contributed by atoms with van der Waals surface area (Å²) in [6.07, 6.45) is 1.27. The predicted octanol–water partition coefficient (Wildman–Crippen LogP) is 1.14. The van der Waals surface area contributed by atoms with Gasteiger partial charge in [0.25, 0.3) is 11.2 Å². The van der Waals surface area contributed by atoms with Crippen molar-refractivity contribution in [2.45, 2.75) is 13.2 Å². The third kappa shape index (κ3) is 3.66. The van der Waals surface area contributed by atoms with E-state index in [9.17, 15) is 14.9 Å². The molecule has 0 fully saturated rings. The second kappa shape index (κ2) is 6.17. The molecule has 0 aliphatic rings. The molecular weight excluding hydrogens is 302 g/mol. The zero-order valence-corrected chi connectivity index (χ0v) is 12.3. The Morgan fingerprint density at radius 3 is 2.75 bits per heavy atom. The Labute approximate surface area is 124 Å². The maximum atomic E-state index is 11.7. The highest BCUT2D eigenvalue weighted by molar-refractivity contribution is 7.16. The molecule has 0 saturated carbocycles. The first-order valence-corrected chi connectivity index (χ1v) is 7.05. The molecule has 1 unspecified atom stereocenters. The van der Waals surface area contributed by atoms with Crippen molar-refractivity contribution in [3.8, 4) is 0 Å². The van der Waals surface area contributed by atoms with Crippen molar-refractivity contribution in [1.82, 2.24) is 4.57 Å². The predicted molar refractivity (Wildman–Crippen MR) is 77.3 cm³/mol. The summed E-state index contributed by atoms with van der Waals surface area (Å²) in [5.74, 6) is 0. The molecule has 0 amide bonds. The van der Waals surface area contributed by atoms with Gasteiger partial charge in [-0.2, -0.15) is 0 Å². The fourth-order valence-electron chi connectivity index (χ4n) is 1.84. The molecule has 0 saturated heterocycles. The van der Waals surface area contributed by atoms with Crippen LogP contribution in [0.4, 0.5) is 5.69 Å². The Kier molecular flexibility index (Phi) is 4.53. The molecule has 106 valence electrons. The Balaban J connectivity index is 2.10. The zero-order valence-electron chi connectivity index (χ0n) is 10.7. The molecule has 0 radical (unpaired) electrons. The van der Waals surface area contributed by atoms with Crippen LogP contribution >= 0.6 is 22.9 Å². The van der Waals surface area contributed by atoms with E-state index in [1.54, 1.807) is 0 Å². The summed E-state index contributed by atoms with van der Waals surface area (Å²) >= 11 is 7.35. The van der Waals surface area contributed by atoms with Crippen molar-refractivity contribution in [3.05, 3.63) is 60.1 Å². The summed E-state index contributed by atoms with van der Waals surface area (Å²) in [5.41, 5.74) is -0.337. The van der Waals surface area contributed by atoms with E-state index in [0.29, 0.717) is 13.2 Å². The minimum atomic E-state index is -0.510. The fourth-order valence-corrected chi connectivity index (χ4v) is 3.04. The zero-order chi connectivity index (χ0) is 14.7. The molecule has 6 nitrogen and oxygen atoms in total. The first-order chi connectivity index (χ1) is 9.45. The van der Waals surface area contributed by atoms with Crippen molar-refractivity contribution < 1.29 is 9.82 Å². The van der Waals surface area contributed by atoms with Gasteiger partial charge in [-0.15, -0.1) is 11.3 Å². The second-order valence-corrected chi connectivity index (χ2v) is 6.25. The number of rotatable bonds is 5. The fraction of sp³-hybridized carbons (Fsp3) is 0.250. The molecule has 0 aliphatic carbocycles. The maximum absolute atomic E-state index is 11.7. The summed E-state index contributed by atoms with van der Waals surface area (Å²) < 4.78 is 2.07. The lowest BCUT2D eigenvalue weighted by Crippen LogP contribution is -3.07. The molecule has 0 spiro atoms. The van der Waals surface area contributed by atoms with Crippen LogP contribution in [0, 0.1) is 10.1 Å². The number of halogens is 1. The molecule has 0 aliphatic heterocycles. The van der Waals surface area contributed by atoms with Gasteiger partial charge < -0.3 is 4.90 Å². The van der Waals surface area contributed by atoms with E-state index in [1.165, 1.54) is 34.2 Å². The summed E-state index contributed by atoms with van der Waals surface area (Å²) in [7, 11) is 1.92. The Bertz CT molecular complexity index is 683. The first-order valence-electron chi connectivity index (χ1n) is 5.86. The number of hydrogen-bond acceptors (Lipinski definition) is 4. The number of quaternary nitrogens is 1. The number of pyridine rings is 1. The summed E-state index contributed by atoms with van der Waals surface area (Å²) in [5, 5.41) is 10.7. The van der Waals surface area contributed by atoms with Crippen LogP contribution < -0.4 is 10.5 Å². The second-order valence-electron chi connectivity index (χ2n) is 4.45. The largest absolute Gasteiger partial charge is 0.315 e. The number of hydrogen-bond donors (Lipinski definition) is 1. The molecular formula is C12H13ClN3O3S+. The van der Waals surface area contributed by atoms with E-state index in [4.69, 9.17) is 11.6 Å². The summed E-state index contributed by atoms with van der Waals surface area (Å²) in [4.78, 5) is 24.0. The Morgan fingerprint density at radius 2 is 2.15 bits per heavy atom. The van der Waals surface area contributed by atoms with E-state index in [-0.39, 0.29) is 11.2 Å². The van der Waals surface area contributed by atoms with E-state index in [0.717, 1.165) is 14.1 Å². The molecule has 0 bridgehead atoms. The highest BCUT2D eigenvalue weighted by Crippen LogP contribution is 2.20. The van der Waals surface area contributed by atoms with Gasteiger partial charge in [0.05, 0.1) is 27.4 Å². The van der Waals surface area contributed by atoms with Gasteiger partial charge in [-0.1, -0.05) is 11.6 Å². The Morgan fingerprint density at radius 1 is 1.40 bits per heavy atom. The number of nitrogens with zero attached hydrogens (tertiary/aromatic N) is 2. The number of nitrogens with one attached hydrogen (secondary N) is 1. The van der Waals surface area contributed by atoms with Gasteiger partial charge in [0.2, 0.25) is 0 Å². The average molecular weight is 315 g/mol. The van der Waals surface area contributed by atoms with Crippen LogP contribution in [0.2, 0.25) is 4.34 Å². The van der Waals surface area contributed by atoms with Crippen molar-refractivity contribution in [1.29, 1.82) is 0 Å². The monoisotopic (exact) mass is 314 g/mol. The smallest absolute Gasteiger partial charge is 0.285 e. The van der Waals surface area contributed by atoms with Gasteiger partial charge in [-0.3, -0.25) is 19.5 Å². The standard InChI is InChI=1S/C12H12ClN3O3S/c1-14(7-10-3-4-11(13)20-10)8-15-6-9(16(18)19)2-5-12(15)17/h2-6H,7-8H2,1H3/p+1. The van der Waals surface area contributed by atoms with Crippen LogP contribution in [0.1, 0.15) is 4.88 Å². The van der Waals surface area contributed by atoms with Crippen molar-refractivity contribution in [2.24, 2.45) is 0 Å². The van der Waals surface area contributed by atoms with Gasteiger partial charge in [-0.05, 0) is 12.1 Å². The first kappa shape index (κ1) is 14.7. The van der Waals surface area contributed by atoms with E-state index in [1.807, 2.05) is 19.2 Å². The number of aromatic nitrogens is 1. The van der Waals surface area contributed by atoms with Crippen molar-refractivity contribution in [2.75, 3.05) is 7.05 Å². The maximum Gasteiger partial charge on any atom is 0.285 e. The van der Waals surface area contributed by atoms with Crippen LogP contribution in [0.25, 0.3) is 0 Å².